The van der Waals surface area contributed by atoms with Crippen LogP contribution in [-0.2, 0) is 20.8 Å². The molecule has 2 aliphatic rings. The van der Waals surface area contributed by atoms with E-state index in [1.165, 1.54) is 0 Å². The fourth-order valence-electron chi connectivity index (χ4n) is 5.18. The van der Waals surface area contributed by atoms with Gasteiger partial charge in [0.1, 0.15) is 12.6 Å². The van der Waals surface area contributed by atoms with Crippen LogP contribution in [0, 0.1) is 5.92 Å². The van der Waals surface area contributed by atoms with Crippen LogP contribution in [0.3, 0.4) is 0 Å². The second-order valence-electron chi connectivity index (χ2n) is 11.6. The number of hydrazine groups is 1. The Bertz CT molecular complexity index is 967. The lowest BCUT2D eigenvalue weighted by Gasteiger charge is -2.47. The Morgan fingerprint density at radius 2 is 1.64 bits per heavy atom. The van der Waals surface area contributed by atoms with Crippen molar-refractivity contribution in [3.05, 3.63) is 34.9 Å². The van der Waals surface area contributed by atoms with E-state index >= 15 is 0 Å². The molecule has 0 aliphatic carbocycles. The number of rotatable bonds is 10. The highest BCUT2D eigenvalue weighted by Crippen LogP contribution is 2.22. The molecule has 0 bridgehead atoms. The summed E-state index contributed by atoms with van der Waals surface area (Å²) in [5.74, 6) is -0.245. The number of likely N-dealkylation sites (tertiary alicyclic amines) is 1. The van der Waals surface area contributed by atoms with Crippen LogP contribution in [0.1, 0.15) is 46.1 Å². The smallest absolute Gasteiger partial charge is 0.248 e. The lowest BCUT2D eigenvalue weighted by molar-refractivity contribution is -0.147. The van der Waals surface area contributed by atoms with Gasteiger partial charge in [-0.15, -0.1) is 0 Å². The summed E-state index contributed by atoms with van der Waals surface area (Å²) in [7, 11) is 0. The van der Waals surface area contributed by atoms with Gasteiger partial charge < -0.3 is 26.0 Å². The topological polar surface area (TPSA) is 122 Å². The standard InChI is InChI=1S/C28H45ClN6O4/c1-20(2)18-35(23-9-11-32(12-10-23)25(37)19-36)34-15-13-33(14-16-34)26(38)24(31-27(39)28(3,4)30)17-21-5-7-22(29)8-6-21/h5-8,20,23-24,36H,9-19,30H2,1-4H3,(H,31,39)/t24-/m1/s1. The van der Waals surface area contributed by atoms with Gasteiger partial charge >= 0.3 is 0 Å². The minimum Gasteiger partial charge on any atom is -0.387 e. The van der Waals surface area contributed by atoms with Crippen LogP contribution in [-0.4, -0.2) is 113 Å². The maximum absolute atomic E-state index is 13.7. The Hall–Kier alpha value is -2.24. The summed E-state index contributed by atoms with van der Waals surface area (Å²) in [6.45, 7) is 11.9. The van der Waals surface area contributed by atoms with E-state index in [4.69, 9.17) is 17.3 Å². The molecule has 2 fully saturated rings. The van der Waals surface area contributed by atoms with Crippen LogP contribution in [0.25, 0.3) is 0 Å². The van der Waals surface area contributed by atoms with Gasteiger partial charge in [-0.05, 0) is 50.3 Å². The molecular formula is C28H45ClN6O4. The molecule has 218 valence electrons. The van der Waals surface area contributed by atoms with E-state index in [0.717, 1.165) is 24.9 Å². The largest absolute Gasteiger partial charge is 0.387 e. The molecule has 0 saturated carbocycles. The average Bonchev–Trinajstić information content (AvgIpc) is 2.91. The fraction of sp³-hybridized carbons (Fsp3) is 0.679. The van der Waals surface area contributed by atoms with E-state index < -0.39 is 18.2 Å². The molecule has 4 N–H and O–H groups in total. The molecule has 0 spiro atoms. The van der Waals surface area contributed by atoms with Gasteiger partial charge in [-0.3, -0.25) is 14.4 Å². The van der Waals surface area contributed by atoms with Gasteiger partial charge in [-0.2, -0.15) is 0 Å². The zero-order valence-corrected chi connectivity index (χ0v) is 24.5. The number of carbonyl (C=O) groups excluding carboxylic acids is 3. The molecule has 1 aromatic rings. The van der Waals surface area contributed by atoms with Crippen LogP contribution in [0.4, 0.5) is 0 Å². The molecule has 1 atom stereocenters. The first kappa shape index (κ1) is 31.3. The number of nitrogens with two attached hydrogens (primary N) is 1. The highest BCUT2D eigenvalue weighted by atomic mass is 35.5. The first-order chi connectivity index (χ1) is 18.4. The van der Waals surface area contributed by atoms with Crippen LogP contribution in [0.2, 0.25) is 5.02 Å². The number of nitrogens with zero attached hydrogens (tertiary/aromatic N) is 4. The number of carbonyl (C=O) groups is 3. The predicted molar refractivity (Wildman–Crippen MR) is 152 cm³/mol. The van der Waals surface area contributed by atoms with E-state index in [-0.39, 0.29) is 17.7 Å². The summed E-state index contributed by atoms with van der Waals surface area (Å²) in [4.78, 5) is 41.9. The summed E-state index contributed by atoms with van der Waals surface area (Å²) in [5, 5.41) is 17.5. The number of hydrogen-bond acceptors (Lipinski definition) is 7. The fourth-order valence-corrected chi connectivity index (χ4v) is 5.30. The highest BCUT2D eigenvalue weighted by Gasteiger charge is 2.35. The molecule has 1 aromatic carbocycles. The van der Waals surface area contributed by atoms with Gasteiger partial charge in [-0.25, -0.2) is 10.0 Å². The SMILES string of the molecule is CC(C)CN(C1CCN(C(=O)CO)CC1)N1CCN(C(=O)[C@@H](Cc2ccc(Cl)cc2)NC(=O)C(C)(C)N)CC1. The van der Waals surface area contributed by atoms with E-state index in [1.54, 1.807) is 30.9 Å². The Morgan fingerprint density at radius 1 is 1.05 bits per heavy atom. The lowest BCUT2D eigenvalue weighted by Crippen LogP contribution is -2.62. The minimum absolute atomic E-state index is 0.117. The first-order valence-corrected chi connectivity index (χ1v) is 14.3. The molecular weight excluding hydrogens is 520 g/mol. The molecule has 0 radical (unpaired) electrons. The van der Waals surface area contributed by atoms with Crippen molar-refractivity contribution >= 4 is 29.3 Å². The van der Waals surface area contributed by atoms with Gasteiger partial charge in [0.15, 0.2) is 0 Å². The monoisotopic (exact) mass is 564 g/mol. The third-order valence-electron chi connectivity index (χ3n) is 7.40. The number of aliphatic hydroxyl groups is 1. The minimum atomic E-state index is -1.11. The third kappa shape index (κ3) is 8.88. The van der Waals surface area contributed by atoms with Crippen molar-refractivity contribution in [3.63, 3.8) is 0 Å². The van der Waals surface area contributed by atoms with Crippen LogP contribution in [0.5, 0.6) is 0 Å². The molecule has 2 heterocycles. The lowest BCUT2D eigenvalue weighted by atomic mass is 10.0. The molecule has 2 aliphatic heterocycles. The van der Waals surface area contributed by atoms with E-state index in [0.29, 0.717) is 62.7 Å². The Kier molecular flexibility index (Phi) is 11.1. The molecule has 39 heavy (non-hydrogen) atoms. The quantitative estimate of drug-likeness (QED) is 0.389. The Labute approximate surface area is 237 Å². The van der Waals surface area contributed by atoms with Crippen molar-refractivity contribution in [2.24, 2.45) is 11.7 Å². The van der Waals surface area contributed by atoms with Crippen molar-refractivity contribution in [1.82, 2.24) is 25.1 Å². The van der Waals surface area contributed by atoms with E-state index in [1.807, 2.05) is 17.0 Å². The summed E-state index contributed by atoms with van der Waals surface area (Å²) >= 11 is 6.03. The zero-order chi connectivity index (χ0) is 28.7. The Morgan fingerprint density at radius 3 is 2.15 bits per heavy atom. The molecule has 2 saturated heterocycles. The average molecular weight is 565 g/mol. The predicted octanol–water partition coefficient (Wildman–Crippen LogP) is 1.11. The molecule has 3 rings (SSSR count). The van der Waals surface area contributed by atoms with Gasteiger partial charge in [0.2, 0.25) is 17.7 Å². The van der Waals surface area contributed by atoms with Crippen molar-refractivity contribution in [1.29, 1.82) is 0 Å². The van der Waals surface area contributed by atoms with Gasteiger partial charge in [0, 0.05) is 63.3 Å². The van der Waals surface area contributed by atoms with Crippen LogP contribution >= 0.6 is 11.6 Å². The second-order valence-corrected chi connectivity index (χ2v) is 12.1. The van der Waals surface area contributed by atoms with Crippen LogP contribution in [0.15, 0.2) is 24.3 Å². The van der Waals surface area contributed by atoms with Crippen molar-refractivity contribution in [3.8, 4) is 0 Å². The van der Waals surface area contributed by atoms with Crippen molar-refractivity contribution in [2.75, 3.05) is 52.4 Å². The zero-order valence-electron chi connectivity index (χ0n) is 23.7. The molecule has 3 amide bonds. The summed E-state index contributed by atoms with van der Waals surface area (Å²) in [5.41, 5.74) is 5.81. The van der Waals surface area contributed by atoms with Crippen LogP contribution < -0.4 is 11.1 Å². The van der Waals surface area contributed by atoms with Crippen molar-refractivity contribution < 1.29 is 19.5 Å². The molecule has 11 heteroatoms. The van der Waals surface area contributed by atoms with Crippen molar-refractivity contribution in [2.45, 2.75) is 64.6 Å². The number of amides is 3. The normalized spacial score (nSPS) is 18.5. The van der Waals surface area contributed by atoms with E-state index in [9.17, 15) is 19.5 Å². The summed E-state index contributed by atoms with van der Waals surface area (Å²) < 4.78 is 0. The maximum atomic E-state index is 13.7. The highest BCUT2D eigenvalue weighted by molar-refractivity contribution is 6.30. The van der Waals surface area contributed by atoms with Gasteiger partial charge in [0.25, 0.3) is 0 Å². The molecule has 0 aromatic heterocycles. The summed E-state index contributed by atoms with van der Waals surface area (Å²) in [6.07, 6.45) is 2.05. The van der Waals surface area contributed by atoms with Gasteiger partial charge in [-0.1, -0.05) is 37.6 Å². The second kappa shape index (κ2) is 13.9. The molecule has 0 unspecified atom stereocenters. The Balaban J connectivity index is 1.66. The third-order valence-corrected chi connectivity index (χ3v) is 7.65. The number of benzene rings is 1. The van der Waals surface area contributed by atoms with Gasteiger partial charge in [0.05, 0.1) is 5.54 Å². The number of piperazine rings is 1. The maximum Gasteiger partial charge on any atom is 0.248 e. The van der Waals surface area contributed by atoms with E-state index in [2.05, 4.69) is 29.2 Å². The summed E-state index contributed by atoms with van der Waals surface area (Å²) in [6, 6.07) is 6.86. The number of hydrogen-bond donors (Lipinski definition) is 3. The number of piperidine rings is 1. The number of nitrogens with one attached hydrogen (secondary N) is 1. The number of halogens is 1. The number of aliphatic hydroxyl groups excluding tert-OH is 1. The molecule has 10 nitrogen and oxygen atoms in total. The first-order valence-electron chi connectivity index (χ1n) is 13.9.